The third-order valence-electron chi connectivity index (χ3n) is 6.67. The van der Waals surface area contributed by atoms with Crippen LogP contribution in [0, 0.1) is 5.92 Å². The molecule has 38 heavy (non-hydrogen) atoms. The molecule has 2 aromatic carbocycles. The zero-order chi connectivity index (χ0) is 27.5. The molecule has 1 heterocycles. The molecule has 208 valence electrons. The smallest absolute Gasteiger partial charge is 0.329 e. The van der Waals surface area contributed by atoms with Crippen LogP contribution in [0.1, 0.15) is 84.3 Å². The van der Waals surface area contributed by atoms with E-state index in [-0.39, 0.29) is 5.91 Å². The maximum Gasteiger partial charge on any atom is 0.329 e. The fourth-order valence-corrected chi connectivity index (χ4v) is 4.47. The zero-order valence-corrected chi connectivity index (χ0v) is 23.8. The van der Waals surface area contributed by atoms with Gasteiger partial charge in [-0.3, -0.25) is 4.79 Å². The quantitative estimate of drug-likeness (QED) is 0.296. The number of rotatable bonds is 10. The van der Waals surface area contributed by atoms with Crippen LogP contribution in [0.25, 0.3) is 0 Å². The lowest BCUT2D eigenvalue weighted by Crippen LogP contribution is -2.45. The van der Waals surface area contributed by atoms with Crippen molar-refractivity contribution in [2.75, 3.05) is 0 Å². The number of hydrogen-bond acceptors (Lipinski definition) is 5. The molecule has 2 fully saturated rings. The first-order valence-electron chi connectivity index (χ1n) is 14.1. The molecule has 3 unspecified atom stereocenters. The summed E-state index contributed by atoms with van der Waals surface area (Å²) in [6.45, 7) is 10.1. The minimum absolute atomic E-state index is 0.132. The second kappa shape index (κ2) is 14.3. The molecular formula is C32H46N2O4. The Labute approximate surface area is 228 Å². The van der Waals surface area contributed by atoms with E-state index in [2.05, 4.69) is 24.5 Å². The largest absolute Gasteiger partial charge is 0.489 e. The molecule has 2 aliphatic rings. The number of carbonyl (C=O) groups excluding carboxylic acids is 2. The fourth-order valence-electron chi connectivity index (χ4n) is 4.47. The summed E-state index contributed by atoms with van der Waals surface area (Å²) in [6.07, 6.45) is 7.36. The van der Waals surface area contributed by atoms with Gasteiger partial charge in [0, 0.05) is 24.9 Å². The van der Waals surface area contributed by atoms with Gasteiger partial charge in [-0.2, -0.15) is 0 Å². The van der Waals surface area contributed by atoms with Gasteiger partial charge < -0.3 is 20.1 Å². The first-order chi connectivity index (χ1) is 18.1. The number of carbonyl (C=O) groups is 2. The van der Waals surface area contributed by atoms with Gasteiger partial charge in [-0.15, -0.1) is 0 Å². The van der Waals surface area contributed by atoms with Crippen LogP contribution in [0.3, 0.4) is 0 Å². The third kappa shape index (κ3) is 11.3. The van der Waals surface area contributed by atoms with Crippen molar-refractivity contribution in [1.29, 1.82) is 0 Å². The van der Waals surface area contributed by atoms with E-state index in [1.807, 2.05) is 75.4 Å². The number of benzene rings is 2. The maximum absolute atomic E-state index is 12.7. The highest BCUT2D eigenvalue weighted by Gasteiger charge is 2.37. The standard InChI is InChI=1S/C26H35NO4.C6H11N/c1-19(2)11-16-24(28)27-23(25(29)31-26(3,4)5)17-20-12-14-22(15-13-20)30-18-21-9-7-6-8-10-21;1-2-4-6-5(3-1)7-6/h6-10,12-15,19,23H,11,16-18H2,1-5H3,(H,27,28);5-7H,1-4H2. The molecule has 0 spiro atoms. The number of fused-ring (bicyclic) bond motifs is 1. The van der Waals surface area contributed by atoms with Gasteiger partial charge in [-0.1, -0.05) is 69.2 Å². The van der Waals surface area contributed by atoms with Crippen LogP contribution in [-0.4, -0.2) is 35.6 Å². The van der Waals surface area contributed by atoms with Crippen molar-refractivity contribution in [3.63, 3.8) is 0 Å². The number of nitrogens with one attached hydrogen (secondary N) is 2. The average molecular weight is 523 g/mol. The summed E-state index contributed by atoms with van der Waals surface area (Å²) in [6, 6.07) is 18.7. The van der Waals surface area contributed by atoms with Gasteiger partial charge in [-0.25, -0.2) is 4.79 Å². The lowest BCUT2D eigenvalue weighted by atomic mass is 10.0. The monoisotopic (exact) mass is 522 g/mol. The molecule has 1 saturated heterocycles. The predicted molar refractivity (Wildman–Crippen MR) is 152 cm³/mol. The number of amides is 1. The van der Waals surface area contributed by atoms with Crippen LogP contribution >= 0.6 is 0 Å². The fraction of sp³-hybridized carbons (Fsp3) is 0.562. The predicted octanol–water partition coefficient (Wildman–Crippen LogP) is 5.97. The number of esters is 1. The Morgan fingerprint density at radius 3 is 2.13 bits per heavy atom. The molecular weight excluding hydrogens is 476 g/mol. The van der Waals surface area contributed by atoms with Crippen molar-refractivity contribution in [2.45, 2.75) is 110 Å². The molecule has 1 amide bonds. The summed E-state index contributed by atoms with van der Waals surface area (Å²) in [7, 11) is 0. The normalized spacial score (nSPS) is 18.9. The van der Waals surface area contributed by atoms with Crippen molar-refractivity contribution < 1.29 is 19.1 Å². The molecule has 2 aromatic rings. The first kappa shape index (κ1) is 29.7. The average Bonchev–Trinajstić information content (AvgIpc) is 3.67. The summed E-state index contributed by atoms with van der Waals surface area (Å²) in [5, 5.41) is 6.29. The van der Waals surface area contributed by atoms with E-state index in [9.17, 15) is 9.59 Å². The highest BCUT2D eigenvalue weighted by atomic mass is 16.6. The van der Waals surface area contributed by atoms with Gasteiger partial charge in [-0.05, 0) is 69.2 Å². The molecule has 1 saturated carbocycles. The summed E-state index contributed by atoms with van der Waals surface area (Å²) in [4.78, 5) is 25.1. The van der Waals surface area contributed by atoms with Crippen LogP contribution in [0.2, 0.25) is 0 Å². The van der Waals surface area contributed by atoms with Crippen molar-refractivity contribution in [3.05, 3.63) is 65.7 Å². The van der Waals surface area contributed by atoms with Gasteiger partial charge in [0.1, 0.15) is 24.0 Å². The second-order valence-corrected chi connectivity index (χ2v) is 11.9. The molecule has 2 N–H and O–H groups in total. The summed E-state index contributed by atoms with van der Waals surface area (Å²) in [5.41, 5.74) is 1.40. The SMILES string of the molecule is C1CCC2NC2C1.CC(C)CCC(=O)NC(Cc1ccc(OCc2ccccc2)cc1)C(=O)OC(C)(C)C. The van der Waals surface area contributed by atoms with E-state index in [1.165, 1.54) is 25.7 Å². The maximum atomic E-state index is 12.7. The van der Waals surface area contributed by atoms with Crippen LogP contribution in [-0.2, 0) is 27.4 Å². The summed E-state index contributed by atoms with van der Waals surface area (Å²) in [5.74, 6) is 0.624. The molecule has 0 radical (unpaired) electrons. The highest BCUT2D eigenvalue weighted by molar-refractivity contribution is 5.84. The van der Waals surface area contributed by atoms with E-state index >= 15 is 0 Å². The van der Waals surface area contributed by atoms with Crippen molar-refractivity contribution in [1.82, 2.24) is 10.6 Å². The summed E-state index contributed by atoms with van der Waals surface area (Å²) >= 11 is 0. The van der Waals surface area contributed by atoms with E-state index < -0.39 is 17.6 Å². The highest BCUT2D eigenvalue weighted by Crippen LogP contribution is 2.28. The van der Waals surface area contributed by atoms with Gasteiger partial charge in [0.2, 0.25) is 5.91 Å². The number of ether oxygens (including phenoxy) is 2. The molecule has 1 aliphatic heterocycles. The Bertz CT molecular complexity index is 988. The Morgan fingerprint density at radius 1 is 0.947 bits per heavy atom. The van der Waals surface area contributed by atoms with E-state index in [4.69, 9.17) is 9.47 Å². The first-order valence-corrected chi connectivity index (χ1v) is 14.1. The molecule has 0 bridgehead atoms. The lowest BCUT2D eigenvalue weighted by Gasteiger charge is -2.25. The van der Waals surface area contributed by atoms with Gasteiger partial charge in [0.25, 0.3) is 0 Å². The van der Waals surface area contributed by atoms with Crippen LogP contribution < -0.4 is 15.4 Å². The Kier molecular flexibility index (Phi) is 11.2. The Hall–Kier alpha value is -2.86. The van der Waals surface area contributed by atoms with Gasteiger partial charge >= 0.3 is 5.97 Å². The van der Waals surface area contributed by atoms with E-state index in [0.717, 1.165) is 35.4 Å². The molecule has 6 nitrogen and oxygen atoms in total. The molecule has 1 aliphatic carbocycles. The third-order valence-corrected chi connectivity index (χ3v) is 6.67. The Balaban J connectivity index is 0.000000483. The van der Waals surface area contributed by atoms with Crippen LogP contribution in [0.15, 0.2) is 54.6 Å². The molecule has 6 heteroatoms. The topological polar surface area (TPSA) is 86.6 Å². The zero-order valence-electron chi connectivity index (χ0n) is 23.8. The lowest BCUT2D eigenvalue weighted by molar-refractivity contribution is -0.158. The molecule has 4 rings (SSSR count). The summed E-state index contributed by atoms with van der Waals surface area (Å²) < 4.78 is 11.4. The van der Waals surface area contributed by atoms with Crippen LogP contribution in [0.5, 0.6) is 5.75 Å². The molecule has 0 aromatic heterocycles. The van der Waals surface area contributed by atoms with E-state index in [0.29, 0.717) is 25.4 Å². The Morgan fingerprint density at radius 2 is 1.58 bits per heavy atom. The van der Waals surface area contributed by atoms with Gasteiger partial charge in [0.15, 0.2) is 0 Å². The van der Waals surface area contributed by atoms with Gasteiger partial charge in [0.05, 0.1) is 0 Å². The molecule has 3 atom stereocenters. The van der Waals surface area contributed by atoms with Crippen molar-refractivity contribution in [3.8, 4) is 5.75 Å². The minimum atomic E-state index is -0.727. The van der Waals surface area contributed by atoms with Crippen molar-refractivity contribution >= 4 is 11.9 Å². The van der Waals surface area contributed by atoms with Crippen LogP contribution in [0.4, 0.5) is 0 Å². The second-order valence-electron chi connectivity index (χ2n) is 11.9. The minimum Gasteiger partial charge on any atom is -0.489 e. The van der Waals surface area contributed by atoms with E-state index in [1.54, 1.807) is 0 Å². The van der Waals surface area contributed by atoms with Crippen molar-refractivity contribution in [2.24, 2.45) is 5.92 Å². The number of hydrogen-bond donors (Lipinski definition) is 2.